The molecule has 0 heterocycles. The third-order valence-corrected chi connectivity index (χ3v) is 5.76. The third-order valence-electron chi connectivity index (χ3n) is 5.76. The van der Waals surface area contributed by atoms with Crippen molar-refractivity contribution in [3.8, 4) is 5.75 Å². The molecule has 4 heteroatoms. The van der Waals surface area contributed by atoms with Gasteiger partial charge in [-0.25, -0.2) is 9.59 Å². The van der Waals surface area contributed by atoms with E-state index in [9.17, 15) is 9.59 Å². The van der Waals surface area contributed by atoms with Gasteiger partial charge in [0, 0.05) is 0 Å². The molecule has 0 amide bonds. The molecule has 0 saturated carbocycles. The summed E-state index contributed by atoms with van der Waals surface area (Å²) in [5, 5.41) is 8.95. The van der Waals surface area contributed by atoms with Gasteiger partial charge in [-0.05, 0) is 64.6 Å². The molecule has 0 bridgehead atoms. The first kappa shape index (κ1) is 19.9. The average Bonchev–Trinajstić information content (AvgIpc) is 2.65. The van der Waals surface area contributed by atoms with Crippen LogP contribution >= 0.6 is 0 Å². The van der Waals surface area contributed by atoms with Gasteiger partial charge in [0.05, 0.1) is 11.1 Å². The molecule has 0 aromatic heterocycles. The summed E-state index contributed by atoms with van der Waals surface area (Å²) in [7, 11) is 0. The minimum absolute atomic E-state index is 0.0394. The first-order chi connectivity index (χ1) is 13.0. The number of aromatic carboxylic acids is 1. The summed E-state index contributed by atoms with van der Waals surface area (Å²) < 4.78 is 5.37. The topological polar surface area (TPSA) is 63.6 Å². The molecule has 0 unspecified atom stereocenters. The highest BCUT2D eigenvalue weighted by molar-refractivity contribution is 6.16. The van der Waals surface area contributed by atoms with Crippen molar-refractivity contribution in [2.45, 2.75) is 51.4 Å². The van der Waals surface area contributed by atoms with Crippen LogP contribution in [0.2, 0.25) is 0 Å². The second kappa shape index (κ2) is 6.93. The predicted molar refractivity (Wildman–Crippen MR) is 110 cm³/mol. The van der Waals surface area contributed by atoms with Gasteiger partial charge in [0.25, 0.3) is 0 Å². The van der Waals surface area contributed by atoms with E-state index in [0.29, 0.717) is 0 Å². The van der Waals surface area contributed by atoms with Crippen molar-refractivity contribution in [1.82, 2.24) is 0 Å². The predicted octanol–water partition coefficient (Wildman–Crippen LogP) is 5.35. The van der Waals surface area contributed by atoms with E-state index in [2.05, 4.69) is 46.4 Å². The van der Waals surface area contributed by atoms with E-state index in [0.717, 1.165) is 18.4 Å². The summed E-state index contributed by atoms with van der Waals surface area (Å²) in [6.45, 7) is 12.9. The van der Waals surface area contributed by atoms with E-state index >= 15 is 0 Å². The molecule has 0 spiro atoms. The third kappa shape index (κ3) is 3.72. The number of carbonyl (C=O) groups excluding carboxylic acids is 1. The Kier molecular flexibility index (Phi) is 4.92. The molecule has 4 nitrogen and oxygen atoms in total. The second-order valence-electron chi connectivity index (χ2n) is 8.73. The lowest BCUT2D eigenvalue weighted by Crippen LogP contribution is -2.33. The van der Waals surface area contributed by atoms with Gasteiger partial charge < -0.3 is 9.84 Å². The van der Waals surface area contributed by atoms with Crippen LogP contribution in [0, 0.1) is 0 Å². The Morgan fingerprint density at radius 3 is 2.00 bits per heavy atom. The van der Waals surface area contributed by atoms with Crippen molar-refractivity contribution in [3.63, 3.8) is 0 Å². The van der Waals surface area contributed by atoms with Gasteiger partial charge >= 0.3 is 11.9 Å². The number of hydrogen-bond donors (Lipinski definition) is 1. The molecule has 3 rings (SSSR count). The van der Waals surface area contributed by atoms with Gasteiger partial charge in [0.15, 0.2) is 0 Å². The van der Waals surface area contributed by atoms with Crippen LogP contribution in [0.15, 0.2) is 49.0 Å². The van der Waals surface area contributed by atoms with Crippen LogP contribution in [0.4, 0.5) is 0 Å². The zero-order valence-electron chi connectivity index (χ0n) is 16.8. The number of hydrogen-bond acceptors (Lipinski definition) is 3. The number of ether oxygens (including phenoxy) is 1. The fraction of sp³-hybridized carbons (Fsp3) is 0.333. The number of benzene rings is 2. The lowest BCUT2D eigenvalue weighted by Gasteiger charge is -2.42. The Bertz CT molecular complexity index is 949. The lowest BCUT2D eigenvalue weighted by molar-refractivity contribution is -0.127. The summed E-state index contributed by atoms with van der Waals surface area (Å²) >= 11 is 0. The van der Waals surface area contributed by atoms with E-state index < -0.39 is 11.9 Å². The molecule has 28 heavy (non-hydrogen) atoms. The van der Waals surface area contributed by atoms with Crippen molar-refractivity contribution in [3.05, 3.63) is 71.3 Å². The minimum Gasteiger partial charge on any atom is -0.478 e. The van der Waals surface area contributed by atoms with Crippen LogP contribution in [0.5, 0.6) is 5.75 Å². The standard InChI is InChI=1S/C24H26O4/c1-15(22(27)28-18-9-6-16(7-10-18)21(25)26)17-8-11-19-20(14-17)24(4,5)13-12-23(19,2)3/h6-11,14H,1,12-13H2,2-5H3,(H,25,26). The van der Waals surface area contributed by atoms with Crippen molar-refractivity contribution < 1.29 is 19.4 Å². The van der Waals surface area contributed by atoms with Gasteiger partial charge in [-0.1, -0.05) is 52.5 Å². The number of carboxylic acids is 1. The Balaban J connectivity index is 1.84. The van der Waals surface area contributed by atoms with Gasteiger partial charge in [-0.15, -0.1) is 0 Å². The molecule has 1 aliphatic carbocycles. The number of rotatable bonds is 4. The zero-order chi connectivity index (χ0) is 20.7. The van der Waals surface area contributed by atoms with Crippen LogP contribution in [0.3, 0.4) is 0 Å². The molecule has 0 fully saturated rings. The van der Waals surface area contributed by atoms with Crippen molar-refractivity contribution in [2.75, 3.05) is 0 Å². The second-order valence-corrected chi connectivity index (χ2v) is 8.73. The summed E-state index contributed by atoms with van der Waals surface area (Å²) in [5.41, 5.74) is 3.88. The summed E-state index contributed by atoms with van der Waals surface area (Å²) in [4.78, 5) is 23.5. The van der Waals surface area contributed by atoms with Crippen LogP contribution < -0.4 is 4.74 Å². The van der Waals surface area contributed by atoms with E-state index in [1.807, 2.05) is 6.07 Å². The Labute approximate surface area is 165 Å². The van der Waals surface area contributed by atoms with Crippen molar-refractivity contribution >= 4 is 17.5 Å². The van der Waals surface area contributed by atoms with Gasteiger partial charge in [0.1, 0.15) is 5.75 Å². The zero-order valence-corrected chi connectivity index (χ0v) is 16.8. The molecule has 1 aliphatic rings. The molecule has 0 aliphatic heterocycles. The van der Waals surface area contributed by atoms with E-state index in [4.69, 9.17) is 9.84 Å². The lowest BCUT2D eigenvalue weighted by atomic mass is 9.63. The number of esters is 1. The smallest absolute Gasteiger partial charge is 0.343 e. The summed E-state index contributed by atoms with van der Waals surface area (Å²) in [5.74, 6) is -1.28. The molecule has 0 saturated heterocycles. The van der Waals surface area contributed by atoms with Crippen molar-refractivity contribution in [1.29, 1.82) is 0 Å². The van der Waals surface area contributed by atoms with Crippen LogP contribution in [-0.2, 0) is 15.6 Å². The maximum Gasteiger partial charge on any atom is 0.343 e. The summed E-state index contributed by atoms with van der Waals surface area (Å²) in [6.07, 6.45) is 2.21. The van der Waals surface area contributed by atoms with Crippen LogP contribution in [0.1, 0.15) is 67.6 Å². The van der Waals surface area contributed by atoms with Gasteiger partial charge in [0.2, 0.25) is 0 Å². The van der Waals surface area contributed by atoms with Gasteiger partial charge in [-0.3, -0.25) is 0 Å². The normalized spacial score (nSPS) is 16.7. The number of carboxylic acid groups (broad SMARTS) is 1. The average molecular weight is 378 g/mol. The Hall–Kier alpha value is -2.88. The highest BCUT2D eigenvalue weighted by Gasteiger charge is 2.37. The maximum atomic E-state index is 12.6. The number of carbonyl (C=O) groups is 2. The summed E-state index contributed by atoms with van der Waals surface area (Å²) in [6, 6.07) is 11.8. The Morgan fingerprint density at radius 2 is 1.43 bits per heavy atom. The fourth-order valence-corrected chi connectivity index (χ4v) is 3.73. The number of fused-ring (bicyclic) bond motifs is 1. The van der Waals surface area contributed by atoms with Gasteiger partial charge in [-0.2, -0.15) is 0 Å². The molecule has 146 valence electrons. The van der Waals surface area contributed by atoms with Crippen LogP contribution in [-0.4, -0.2) is 17.0 Å². The fourth-order valence-electron chi connectivity index (χ4n) is 3.73. The molecule has 1 N–H and O–H groups in total. The highest BCUT2D eigenvalue weighted by Crippen LogP contribution is 2.46. The monoisotopic (exact) mass is 378 g/mol. The molecular formula is C24H26O4. The van der Waals surface area contributed by atoms with E-state index in [-0.39, 0.29) is 27.7 Å². The first-order valence-corrected chi connectivity index (χ1v) is 9.41. The largest absolute Gasteiger partial charge is 0.478 e. The van der Waals surface area contributed by atoms with Crippen molar-refractivity contribution in [2.24, 2.45) is 0 Å². The quantitative estimate of drug-likeness (QED) is 0.442. The first-order valence-electron chi connectivity index (χ1n) is 9.41. The van der Waals surface area contributed by atoms with Crippen LogP contribution in [0.25, 0.3) is 5.57 Å². The SMILES string of the molecule is C=C(C(=O)Oc1ccc(C(=O)O)cc1)c1ccc2c(c1)C(C)(C)CCC2(C)C. The highest BCUT2D eigenvalue weighted by atomic mass is 16.5. The minimum atomic E-state index is -1.03. The molecule has 2 aromatic rings. The maximum absolute atomic E-state index is 12.6. The molecular weight excluding hydrogens is 352 g/mol. The van der Waals surface area contributed by atoms with E-state index in [1.54, 1.807) is 0 Å². The van der Waals surface area contributed by atoms with E-state index in [1.165, 1.54) is 35.4 Å². The molecule has 0 atom stereocenters. The molecule has 0 radical (unpaired) electrons. The Morgan fingerprint density at radius 1 is 0.893 bits per heavy atom. The molecule has 2 aromatic carbocycles.